The van der Waals surface area contributed by atoms with Crippen LogP contribution in [0.1, 0.15) is 47.7 Å². The number of nitrogens with two attached hydrogens (primary N) is 1. The molecule has 3 unspecified atom stereocenters. The van der Waals surface area contributed by atoms with Crippen LogP contribution in [-0.4, -0.2) is 97.3 Å². The molecule has 3 aromatic rings. The Labute approximate surface area is 312 Å². The number of amides is 2. The van der Waals surface area contributed by atoms with Crippen LogP contribution in [0.3, 0.4) is 0 Å². The third kappa shape index (κ3) is 8.30. The molecule has 14 heteroatoms. The van der Waals surface area contributed by atoms with Crippen LogP contribution in [0.4, 0.5) is 0 Å². The fourth-order valence-electron chi connectivity index (χ4n) is 7.40. The van der Waals surface area contributed by atoms with E-state index in [4.69, 9.17) is 53.4 Å². The van der Waals surface area contributed by atoms with Crippen molar-refractivity contribution in [3.63, 3.8) is 0 Å². The summed E-state index contributed by atoms with van der Waals surface area (Å²) in [6.45, 7) is 4.49. The Bertz CT molecular complexity index is 1780. The zero-order valence-corrected chi connectivity index (χ0v) is 30.9. The number of rotatable bonds is 11. The monoisotopic (exact) mass is 755 g/mol. The van der Waals surface area contributed by atoms with Crippen molar-refractivity contribution in [2.75, 3.05) is 47.5 Å². The Balaban J connectivity index is 0.000000677. The van der Waals surface area contributed by atoms with Gasteiger partial charge in [-0.3, -0.25) is 14.5 Å². The van der Waals surface area contributed by atoms with Gasteiger partial charge in [0.25, 0.3) is 5.91 Å². The maximum Gasteiger partial charge on any atom is 0.328 e. The van der Waals surface area contributed by atoms with Gasteiger partial charge >= 0.3 is 11.9 Å². The molecule has 0 saturated carbocycles. The number of carbonyl (C=O) groups is 4. The summed E-state index contributed by atoms with van der Waals surface area (Å²) in [4.78, 5) is 50.9. The second kappa shape index (κ2) is 17.2. The van der Waals surface area contributed by atoms with Gasteiger partial charge in [0.05, 0.1) is 36.8 Å². The minimum absolute atomic E-state index is 0.121. The van der Waals surface area contributed by atoms with E-state index in [9.17, 15) is 19.2 Å². The molecule has 0 spiro atoms. The lowest BCUT2D eigenvalue weighted by Gasteiger charge is -2.52. The molecule has 2 heterocycles. The van der Waals surface area contributed by atoms with Crippen molar-refractivity contribution in [2.24, 2.45) is 5.73 Å². The summed E-state index contributed by atoms with van der Waals surface area (Å²) in [6.07, 6.45) is 2.89. The average molecular weight is 757 g/mol. The number of ether oxygens (including phenoxy) is 3. The first kappa shape index (κ1) is 40.0. The van der Waals surface area contributed by atoms with Gasteiger partial charge in [-0.15, -0.1) is 0 Å². The number of benzene rings is 3. The molecule has 0 aromatic heterocycles. The minimum Gasteiger partial charge on any atom is -0.493 e. The largest absolute Gasteiger partial charge is 0.493 e. The molecule has 0 radical (unpaired) electrons. The van der Waals surface area contributed by atoms with Gasteiger partial charge in [-0.1, -0.05) is 66.5 Å². The molecule has 2 saturated heterocycles. The number of hydrogen-bond donors (Lipinski definition) is 3. The molecule has 2 aliphatic rings. The molecule has 278 valence electrons. The van der Waals surface area contributed by atoms with Crippen LogP contribution in [-0.2, 0) is 25.2 Å². The van der Waals surface area contributed by atoms with Gasteiger partial charge in [0, 0.05) is 42.3 Å². The highest BCUT2D eigenvalue weighted by Crippen LogP contribution is 2.50. The number of nitrogens with zero attached hydrogens (tertiary/aromatic N) is 2. The first-order chi connectivity index (χ1) is 24.8. The van der Waals surface area contributed by atoms with Crippen LogP contribution >= 0.6 is 23.2 Å². The molecule has 52 heavy (non-hydrogen) atoms. The molecular formula is C38H43Cl2N3O9. The fourth-order valence-corrected chi connectivity index (χ4v) is 7.70. The normalized spacial score (nSPS) is 21.6. The Morgan fingerprint density at radius 3 is 1.96 bits per heavy atom. The van der Waals surface area contributed by atoms with Gasteiger partial charge in [0.15, 0.2) is 11.5 Å². The Kier molecular flexibility index (Phi) is 13.2. The second-order valence-electron chi connectivity index (χ2n) is 12.6. The topological polar surface area (TPSA) is 169 Å². The lowest BCUT2D eigenvalue weighted by atomic mass is 9.61. The summed E-state index contributed by atoms with van der Waals surface area (Å²) in [6, 6.07) is 18.8. The van der Waals surface area contributed by atoms with Crippen molar-refractivity contribution in [3.05, 3.63) is 99.6 Å². The Morgan fingerprint density at radius 2 is 1.46 bits per heavy atom. The van der Waals surface area contributed by atoms with E-state index in [1.807, 2.05) is 53.4 Å². The third-order valence-electron chi connectivity index (χ3n) is 10.0. The van der Waals surface area contributed by atoms with E-state index < -0.39 is 22.8 Å². The van der Waals surface area contributed by atoms with Crippen molar-refractivity contribution < 1.29 is 43.6 Å². The van der Waals surface area contributed by atoms with Crippen molar-refractivity contribution in [1.82, 2.24) is 9.80 Å². The summed E-state index contributed by atoms with van der Waals surface area (Å²) < 4.78 is 16.5. The van der Waals surface area contributed by atoms with Gasteiger partial charge in [0.1, 0.15) is 0 Å². The quantitative estimate of drug-likeness (QED) is 0.215. The number of primary amides is 1. The number of halogens is 2. The first-order valence-corrected chi connectivity index (χ1v) is 17.3. The molecule has 3 atom stereocenters. The zero-order chi connectivity index (χ0) is 38.2. The van der Waals surface area contributed by atoms with E-state index in [-0.39, 0.29) is 17.9 Å². The van der Waals surface area contributed by atoms with E-state index in [2.05, 4.69) is 11.8 Å². The fraction of sp³-hybridized carbons (Fsp3) is 0.368. The summed E-state index contributed by atoms with van der Waals surface area (Å²) in [5, 5.41) is 16.5. The van der Waals surface area contributed by atoms with Crippen LogP contribution in [0.2, 0.25) is 10.0 Å². The summed E-state index contributed by atoms with van der Waals surface area (Å²) in [5.41, 5.74) is 7.15. The maximum absolute atomic E-state index is 14.2. The lowest BCUT2D eigenvalue weighted by molar-refractivity contribution is -0.134. The van der Waals surface area contributed by atoms with E-state index in [1.165, 1.54) is 21.3 Å². The average Bonchev–Trinajstić information content (AvgIpc) is 3.61. The number of methoxy groups -OCH3 is 3. The second-order valence-corrected chi connectivity index (χ2v) is 13.4. The number of hydrogen-bond acceptors (Lipinski definition) is 8. The van der Waals surface area contributed by atoms with E-state index in [0.717, 1.165) is 17.7 Å². The van der Waals surface area contributed by atoms with Crippen LogP contribution < -0.4 is 19.9 Å². The zero-order valence-electron chi connectivity index (χ0n) is 29.4. The first-order valence-electron chi connectivity index (χ1n) is 16.5. The van der Waals surface area contributed by atoms with Gasteiger partial charge in [-0.2, -0.15) is 0 Å². The van der Waals surface area contributed by atoms with Crippen molar-refractivity contribution in [2.45, 2.75) is 43.1 Å². The standard InChI is InChI=1S/C34H39Cl2N3O5.C4H4O4/c1-5-38-15-13-33(32(37)41,23-9-7-6-8-10-23)20-29(38)34(24-11-12-25(35)26(36)19-24)14-16-39(21-34)31(40)22-17-27(42-2)30(44-4)28(18-22)43-3;5-3(6)1-2-4(7)8/h6-12,17-19,29H,5,13-16,20-21H2,1-4H3,(H2,37,41);1-2H,(H,5,6)(H,7,8). The smallest absolute Gasteiger partial charge is 0.328 e. The predicted molar refractivity (Wildman–Crippen MR) is 197 cm³/mol. The highest BCUT2D eigenvalue weighted by atomic mass is 35.5. The molecule has 0 aliphatic carbocycles. The summed E-state index contributed by atoms with van der Waals surface area (Å²) in [5.74, 6) is -1.78. The van der Waals surface area contributed by atoms with Gasteiger partial charge in [-0.05, 0) is 67.7 Å². The molecule has 2 amide bonds. The molecule has 3 aromatic carbocycles. The molecule has 2 aliphatic heterocycles. The number of likely N-dealkylation sites (N-methyl/N-ethyl adjacent to an activating group) is 1. The van der Waals surface area contributed by atoms with E-state index in [1.54, 1.807) is 12.1 Å². The molecule has 4 N–H and O–H groups in total. The number of piperidine rings is 1. The SMILES string of the molecule is CCN1CCC(C(N)=O)(c2ccccc2)CC1C1(c2ccc(Cl)c(Cl)c2)CCN(C(=O)c2cc(OC)c(OC)c(OC)c2)C1.O=C(O)C=CC(=O)O. The summed E-state index contributed by atoms with van der Waals surface area (Å²) in [7, 11) is 4.58. The van der Waals surface area contributed by atoms with E-state index in [0.29, 0.717) is 83.9 Å². The number of aliphatic carboxylic acids is 2. The molecule has 2 fully saturated rings. The Morgan fingerprint density at radius 1 is 0.846 bits per heavy atom. The summed E-state index contributed by atoms with van der Waals surface area (Å²) >= 11 is 13.0. The van der Waals surface area contributed by atoms with Crippen molar-refractivity contribution >= 4 is 47.0 Å². The van der Waals surface area contributed by atoms with Gasteiger partial charge in [0.2, 0.25) is 11.7 Å². The molecule has 12 nitrogen and oxygen atoms in total. The maximum atomic E-state index is 14.2. The molecular weight excluding hydrogens is 713 g/mol. The lowest BCUT2D eigenvalue weighted by Crippen LogP contribution is -2.61. The number of carboxylic acids is 2. The number of likely N-dealkylation sites (tertiary alicyclic amines) is 2. The highest BCUT2D eigenvalue weighted by molar-refractivity contribution is 6.42. The van der Waals surface area contributed by atoms with E-state index >= 15 is 0 Å². The number of carbonyl (C=O) groups excluding carboxylic acids is 2. The van der Waals surface area contributed by atoms with Crippen molar-refractivity contribution in [3.8, 4) is 17.2 Å². The number of carboxylic acid groups (broad SMARTS) is 2. The van der Waals surface area contributed by atoms with Gasteiger partial charge < -0.3 is 35.1 Å². The van der Waals surface area contributed by atoms with Gasteiger partial charge in [-0.25, -0.2) is 9.59 Å². The van der Waals surface area contributed by atoms with Crippen LogP contribution in [0.25, 0.3) is 0 Å². The van der Waals surface area contributed by atoms with Crippen LogP contribution in [0.5, 0.6) is 17.2 Å². The van der Waals surface area contributed by atoms with Crippen LogP contribution in [0, 0.1) is 0 Å². The minimum atomic E-state index is -1.26. The molecule has 0 bridgehead atoms. The van der Waals surface area contributed by atoms with Crippen LogP contribution in [0.15, 0.2) is 72.8 Å². The highest BCUT2D eigenvalue weighted by Gasteiger charge is 2.55. The predicted octanol–water partition coefficient (Wildman–Crippen LogP) is 5.42. The Hall–Kier alpha value is -4.78. The third-order valence-corrected chi connectivity index (χ3v) is 10.8. The van der Waals surface area contributed by atoms with Crippen molar-refractivity contribution in [1.29, 1.82) is 0 Å². The molecule has 5 rings (SSSR count).